The van der Waals surface area contributed by atoms with Crippen LogP contribution in [-0.4, -0.2) is 52.7 Å². The van der Waals surface area contributed by atoms with Crippen molar-refractivity contribution in [2.75, 3.05) is 27.2 Å². The zero-order chi connectivity index (χ0) is 16.6. The van der Waals surface area contributed by atoms with Gasteiger partial charge in [0.05, 0.1) is 23.2 Å². The summed E-state index contributed by atoms with van der Waals surface area (Å²) in [5, 5.41) is 4.46. The van der Waals surface area contributed by atoms with Crippen LogP contribution in [0.3, 0.4) is 0 Å². The van der Waals surface area contributed by atoms with E-state index in [4.69, 9.17) is 0 Å². The molecule has 0 saturated heterocycles. The van der Waals surface area contributed by atoms with E-state index < -0.39 is 0 Å². The number of carbonyl (C=O) groups excluding carboxylic acids is 1. The minimum absolute atomic E-state index is 0.147. The van der Waals surface area contributed by atoms with Gasteiger partial charge in [0.1, 0.15) is 0 Å². The zero-order valence-electron chi connectivity index (χ0n) is 14.2. The second-order valence-electron chi connectivity index (χ2n) is 6.55. The van der Waals surface area contributed by atoms with Crippen molar-refractivity contribution in [3.05, 3.63) is 39.3 Å². The summed E-state index contributed by atoms with van der Waals surface area (Å²) >= 11 is 1.60. The summed E-state index contributed by atoms with van der Waals surface area (Å²) in [7, 11) is 4.15. The maximum atomic E-state index is 12.9. The van der Waals surface area contributed by atoms with Gasteiger partial charge < -0.3 is 9.80 Å². The number of nitrogens with zero attached hydrogens (tertiary/aromatic N) is 4. The van der Waals surface area contributed by atoms with Crippen molar-refractivity contribution in [3.63, 3.8) is 0 Å². The van der Waals surface area contributed by atoms with Crippen molar-refractivity contribution in [1.29, 1.82) is 0 Å². The third-order valence-corrected chi connectivity index (χ3v) is 5.60. The lowest BCUT2D eigenvalue weighted by Crippen LogP contribution is -2.41. The fourth-order valence-electron chi connectivity index (χ4n) is 3.00. The van der Waals surface area contributed by atoms with E-state index in [1.54, 1.807) is 11.3 Å². The number of hydrogen-bond acceptors (Lipinski definition) is 4. The Bertz CT molecular complexity index is 684. The monoisotopic (exact) mass is 332 g/mol. The van der Waals surface area contributed by atoms with Crippen LogP contribution in [-0.2, 0) is 6.54 Å². The molecule has 1 aliphatic heterocycles. The van der Waals surface area contributed by atoms with Crippen LogP contribution in [0.15, 0.2) is 18.3 Å². The molecular formula is C17H24N4OS. The Hall–Kier alpha value is -1.66. The summed E-state index contributed by atoms with van der Waals surface area (Å²) in [6.45, 7) is 6.50. The van der Waals surface area contributed by atoms with Gasteiger partial charge in [-0.15, -0.1) is 11.3 Å². The molecule has 124 valence electrons. The Morgan fingerprint density at radius 2 is 2.22 bits per heavy atom. The molecule has 0 spiro atoms. The summed E-state index contributed by atoms with van der Waals surface area (Å²) in [6.07, 6.45) is 2.83. The summed E-state index contributed by atoms with van der Waals surface area (Å²) in [5.41, 5.74) is 2.32. The van der Waals surface area contributed by atoms with E-state index in [0.717, 1.165) is 30.1 Å². The molecule has 0 radical (unpaired) electrons. The van der Waals surface area contributed by atoms with Crippen LogP contribution in [0.1, 0.15) is 38.3 Å². The smallest absolute Gasteiger partial charge is 0.264 e. The number of fused-ring (bicyclic) bond motifs is 1. The summed E-state index contributed by atoms with van der Waals surface area (Å²) in [6, 6.07) is 4.29. The van der Waals surface area contributed by atoms with Gasteiger partial charge in [-0.25, -0.2) is 0 Å². The molecule has 1 amide bonds. The van der Waals surface area contributed by atoms with E-state index >= 15 is 0 Å². The van der Waals surface area contributed by atoms with Gasteiger partial charge in [-0.1, -0.05) is 0 Å². The third kappa shape index (κ3) is 3.33. The first-order valence-electron chi connectivity index (χ1n) is 7.99. The van der Waals surface area contributed by atoms with Crippen LogP contribution < -0.4 is 0 Å². The first kappa shape index (κ1) is 16.2. The molecule has 0 saturated carbocycles. The van der Waals surface area contributed by atoms with Crippen molar-refractivity contribution in [2.24, 2.45) is 0 Å². The largest absolute Gasteiger partial charge is 0.330 e. The molecule has 5 nitrogen and oxygen atoms in total. The van der Waals surface area contributed by atoms with Gasteiger partial charge in [0, 0.05) is 17.6 Å². The predicted octanol–water partition coefficient (Wildman–Crippen LogP) is 2.71. The standard InChI is InChI=1S/C17H24N4OS/c1-12-9-16(23-13(12)2)17(22)20-10-14-5-7-18-21(14)15(11-20)6-8-19(3)4/h5,7,9,15H,6,8,10-11H2,1-4H3/t15-/m0/s1. The SMILES string of the molecule is Cc1cc(C(=O)N2Cc3ccnn3[C@@H](CCN(C)C)C2)sc1C. The lowest BCUT2D eigenvalue weighted by Gasteiger charge is -2.34. The lowest BCUT2D eigenvalue weighted by atomic mass is 10.1. The maximum absolute atomic E-state index is 12.9. The summed E-state index contributed by atoms with van der Waals surface area (Å²) in [4.78, 5) is 19.1. The summed E-state index contributed by atoms with van der Waals surface area (Å²) < 4.78 is 2.10. The van der Waals surface area contributed by atoms with Crippen LogP contribution in [0, 0.1) is 13.8 Å². The van der Waals surface area contributed by atoms with E-state index in [9.17, 15) is 4.79 Å². The second kappa shape index (κ2) is 6.45. The maximum Gasteiger partial charge on any atom is 0.264 e. The van der Waals surface area contributed by atoms with E-state index in [1.807, 2.05) is 23.2 Å². The molecule has 2 aromatic heterocycles. The quantitative estimate of drug-likeness (QED) is 0.864. The minimum atomic E-state index is 0.147. The normalized spacial score (nSPS) is 17.6. The fraction of sp³-hybridized carbons (Fsp3) is 0.529. The van der Waals surface area contributed by atoms with E-state index in [2.05, 4.69) is 42.6 Å². The molecule has 0 fully saturated rings. The highest BCUT2D eigenvalue weighted by atomic mass is 32.1. The first-order valence-corrected chi connectivity index (χ1v) is 8.80. The second-order valence-corrected chi connectivity index (χ2v) is 7.80. The van der Waals surface area contributed by atoms with Crippen LogP contribution >= 0.6 is 11.3 Å². The highest BCUT2D eigenvalue weighted by Crippen LogP contribution is 2.27. The molecule has 0 bridgehead atoms. The zero-order valence-corrected chi connectivity index (χ0v) is 15.1. The molecule has 0 unspecified atom stereocenters. The molecule has 0 aromatic carbocycles. The fourth-order valence-corrected chi connectivity index (χ4v) is 4.00. The first-order chi connectivity index (χ1) is 11.0. The number of hydrogen-bond donors (Lipinski definition) is 0. The number of aromatic nitrogens is 2. The van der Waals surface area contributed by atoms with Crippen LogP contribution in [0.4, 0.5) is 0 Å². The van der Waals surface area contributed by atoms with Crippen LogP contribution in [0.5, 0.6) is 0 Å². The van der Waals surface area contributed by atoms with Gasteiger partial charge in [0.15, 0.2) is 0 Å². The topological polar surface area (TPSA) is 41.4 Å². The van der Waals surface area contributed by atoms with E-state index in [0.29, 0.717) is 6.54 Å². The molecule has 6 heteroatoms. The Kier molecular flexibility index (Phi) is 4.55. The van der Waals surface area contributed by atoms with Gasteiger partial charge in [0.2, 0.25) is 0 Å². The minimum Gasteiger partial charge on any atom is -0.330 e. The molecule has 3 heterocycles. The molecular weight excluding hydrogens is 308 g/mol. The van der Waals surface area contributed by atoms with Crippen molar-refractivity contribution < 1.29 is 4.79 Å². The molecule has 0 N–H and O–H groups in total. The molecule has 23 heavy (non-hydrogen) atoms. The third-order valence-electron chi connectivity index (χ3n) is 4.46. The van der Waals surface area contributed by atoms with Gasteiger partial charge in [-0.05, 0) is 58.6 Å². The Balaban J connectivity index is 1.80. The van der Waals surface area contributed by atoms with E-state index in [1.165, 1.54) is 10.4 Å². The molecule has 1 aliphatic rings. The molecule has 3 rings (SSSR count). The number of amides is 1. The summed E-state index contributed by atoms with van der Waals surface area (Å²) in [5.74, 6) is 0.147. The molecule has 2 aromatic rings. The van der Waals surface area contributed by atoms with Crippen molar-refractivity contribution in [3.8, 4) is 0 Å². The average Bonchev–Trinajstić information content (AvgIpc) is 3.11. The number of carbonyl (C=O) groups is 1. The van der Waals surface area contributed by atoms with Crippen LogP contribution in [0.25, 0.3) is 0 Å². The Morgan fingerprint density at radius 3 is 2.87 bits per heavy atom. The van der Waals surface area contributed by atoms with Gasteiger partial charge in [-0.3, -0.25) is 9.48 Å². The molecule has 0 aliphatic carbocycles. The van der Waals surface area contributed by atoms with Gasteiger partial charge in [-0.2, -0.15) is 5.10 Å². The van der Waals surface area contributed by atoms with Crippen LogP contribution in [0.2, 0.25) is 0 Å². The highest BCUT2D eigenvalue weighted by molar-refractivity contribution is 7.14. The Labute approximate surface area is 141 Å². The van der Waals surface area contributed by atoms with Gasteiger partial charge >= 0.3 is 0 Å². The van der Waals surface area contributed by atoms with Gasteiger partial charge in [0.25, 0.3) is 5.91 Å². The van der Waals surface area contributed by atoms with Crippen molar-refractivity contribution >= 4 is 17.2 Å². The lowest BCUT2D eigenvalue weighted by molar-refractivity contribution is 0.0665. The van der Waals surface area contributed by atoms with Crippen molar-refractivity contribution in [1.82, 2.24) is 19.6 Å². The van der Waals surface area contributed by atoms with E-state index in [-0.39, 0.29) is 11.9 Å². The number of thiophene rings is 1. The predicted molar refractivity (Wildman–Crippen MR) is 93.0 cm³/mol. The number of rotatable bonds is 4. The highest BCUT2D eigenvalue weighted by Gasteiger charge is 2.29. The number of aryl methyl sites for hydroxylation is 2. The Morgan fingerprint density at radius 1 is 1.43 bits per heavy atom. The van der Waals surface area contributed by atoms with Crippen molar-refractivity contribution in [2.45, 2.75) is 32.9 Å². The average molecular weight is 332 g/mol. The molecule has 1 atom stereocenters.